The molecular weight excluding hydrogens is 402 g/mol. The zero-order chi connectivity index (χ0) is 21.2. The van der Waals surface area contributed by atoms with E-state index in [1.807, 2.05) is 0 Å². The van der Waals surface area contributed by atoms with Gasteiger partial charge in [0, 0.05) is 17.4 Å². The lowest BCUT2D eigenvalue weighted by atomic mass is 9.73. The summed E-state index contributed by atoms with van der Waals surface area (Å²) in [5.74, 6) is -4.12. The maximum atomic E-state index is 12.7. The highest BCUT2D eigenvalue weighted by atomic mass is 19.4. The molecule has 3 fully saturated rings. The topological polar surface area (TPSA) is 82.1 Å². The van der Waals surface area contributed by atoms with E-state index >= 15 is 0 Å². The fraction of sp³-hybridized carbons (Fsp3) is 0.750. The SMILES string of the molecule is C=C(C)C(=O)OC1C2CC3C1OC(O)C3(C(=O)OC(C(F)(F)F)C(F)(F)F)C2. The lowest BCUT2D eigenvalue weighted by Gasteiger charge is -2.35. The van der Waals surface area contributed by atoms with Crippen molar-refractivity contribution in [1.82, 2.24) is 0 Å². The number of carbonyl (C=O) groups is 2. The van der Waals surface area contributed by atoms with Gasteiger partial charge in [0.15, 0.2) is 6.29 Å². The number of fused-ring (bicyclic) bond motifs is 1. The molecule has 0 spiro atoms. The number of hydrogen-bond acceptors (Lipinski definition) is 6. The summed E-state index contributed by atoms with van der Waals surface area (Å²) in [6.07, 6.45) is -20.2. The molecule has 0 amide bonds. The van der Waals surface area contributed by atoms with Crippen molar-refractivity contribution in [1.29, 1.82) is 0 Å². The van der Waals surface area contributed by atoms with Crippen LogP contribution < -0.4 is 0 Å². The van der Waals surface area contributed by atoms with Gasteiger partial charge in [0.25, 0.3) is 6.10 Å². The summed E-state index contributed by atoms with van der Waals surface area (Å²) in [5.41, 5.74) is -2.00. The molecule has 3 rings (SSSR count). The molecule has 2 bridgehead atoms. The molecule has 0 aromatic heterocycles. The van der Waals surface area contributed by atoms with E-state index in [0.717, 1.165) is 0 Å². The molecule has 1 heterocycles. The first-order valence-electron chi connectivity index (χ1n) is 8.24. The number of esters is 2. The van der Waals surface area contributed by atoms with Gasteiger partial charge >= 0.3 is 24.3 Å². The van der Waals surface area contributed by atoms with Gasteiger partial charge in [-0.1, -0.05) is 6.58 Å². The Labute approximate surface area is 154 Å². The number of rotatable bonds is 4. The van der Waals surface area contributed by atoms with Crippen molar-refractivity contribution in [3.05, 3.63) is 12.2 Å². The summed E-state index contributed by atoms with van der Waals surface area (Å²) in [6, 6.07) is 0. The van der Waals surface area contributed by atoms with Crippen molar-refractivity contribution < 1.29 is 55.2 Å². The Bertz CT molecular complexity index is 689. The van der Waals surface area contributed by atoms with Gasteiger partial charge in [-0.3, -0.25) is 4.79 Å². The normalized spacial score (nSPS) is 36.7. The zero-order valence-electron chi connectivity index (χ0n) is 14.3. The van der Waals surface area contributed by atoms with E-state index in [4.69, 9.17) is 9.47 Å². The average Bonchev–Trinajstić information content (AvgIpc) is 3.12. The van der Waals surface area contributed by atoms with E-state index in [0.29, 0.717) is 0 Å². The molecule has 1 N–H and O–H groups in total. The third kappa shape index (κ3) is 3.06. The largest absolute Gasteiger partial charge is 0.456 e. The van der Waals surface area contributed by atoms with Crippen LogP contribution in [-0.2, 0) is 23.8 Å². The number of alkyl halides is 6. The Morgan fingerprint density at radius 1 is 1.21 bits per heavy atom. The molecule has 6 atom stereocenters. The summed E-state index contributed by atoms with van der Waals surface area (Å²) in [6.45, 7) is 4.79. The van der Waals surface area contributed by atoms with Crippen LogP contribution in [0.2, 0.25) is 0 Å². The molecule has 158 valence electrons. The van der Waals surface area contributed by atoms with Crippen molar-refractivity contribution in [2.45, 2.75) is 56.7 Å². The summed E-state index contributed by atoms with van der Waals surface area (Å²) in [5, 5.41) is 10.2. The lowest BCUT2D eigenvalue weighted by Crippen LogP contribution is -2.52. The molecule has 0 aromatic rings. The second-order valence-corrected chi connectivity index (χ2v) is 7.32. The van der Waals surface area contributed by atoms with Crippen molar-refractivity contribution >= 4 is 11.9 Å². The Kier molecular flexibility index (Phi) is 4.73. The molecule has 12 heteroatoms. The standard InChI is InChI=1S/C16H16F6O6/c1-5(2)10(23)26-8-6-3-7-9(8)27-12(24)14(7,4-6)13(25)28-11(15(17,18)19)16(20,21)22/h6-9,11-12,24H,1,3-4H2,2H3. The van der Waals surface area contributed by atoms with Gasteiger partial charge < -0.3 is 19.3 Å². The Morgan fingerprint density at radius 2 is 1.79 bits per heavy atom. The third-order valence-corrected chi connectivity index (χ3v) is 5.52. The highest BCUT2D eigenvalue weighted by molar-refractivity contribution is 5.87. The number of aliphatic hydroxyl groups is 1. The van der Waals surface area contributed by atoms with E-state index in [9.17, 15) is 41.0 Å². The molecule has 0 aromatic carbocycles. The predicted molar refractivity (Wildman–Crippen MR) is 76.2 cm³/mol. The highest BCUT2D eigenvalue weighted by Crippen LogP contribution is 2.64. The summed E-state index contributed by atoms with van der Waals surface area (Å²) >= 11 is 0. The maximum Gasteiger partial charge on any atom is 0.434 e. The average molecular weight is 418 g/mol. The number of aliphatic hydroxyl groups excluding tert-OH is 1. The first kappa shape index (κ1) is 20.9. The fourth-order valence-electron chi connectivity index (χ4n) is 4.37. The van der Waals surface area contributed by atoms with Crippen molar-refractivity contribution in [2.75, 3.05) is 0 Å². The molecule has 6 unspecified atom stereocenters. The van der Waals surface area contributed by atoms with E-state index in [1.165, 1.54) is 6.92 Å². The van der Waals surface area contributed by atoms with Gasteiger partial charge in [0.2, 0.25) is 0 Å². The third-order valence-electron chi connectivity index (χ3n) is 5.52. The lowest BCUT2D eigenvalue weighted by molar-refractivity contribution is -0.317. The minimum atomic E-state index is -5.87. The van der Waals surface area contributed by atoms with E-state index in [-0.39, 0.29) is 18.4 Å². The molecule has 0 radical (unpaired) electrons. The van der Waals surface area contributed by atoms with Crippen molar-refractivity contribution in [3.8, 4) is 0 Å². The zero-order valence-corrected chi connectivity index (χ0v) is 14.3. The summed E-state index contributed by atoms with van der Waals surface area (Å²) < 4.78 is 90.5. The fourth-order valence-corrected chi connectivity index (χ4v) is 4.37. The number of carbonyl (C=O) groups excluding carboxylic acids is 2. The van der Waals surface area contributed by atoms with Crippen molar-refractivity contribution in [3.63, 3.8) is 0 Å². The van der Waals surface area contributed by atoms with E-state index in [2.05, 4.69) is 11.3 Å². The van der Waals surface area contributed by atoms with Crippen LogP contribution in [0.4, 0.5) is 26.3 Å². The molecule has 1 saturated heterocycles. The van der Waals surface area contributed by atoms with Crippen LogP contribution in [0.3, 0.4) is 0 Å². The second kappa shape index (κ2) is 6.34. The van der Waals surface area contributed by atoms with Gasteiger partial charge in [0.1, 0.15) is 17.6 Å². The highest BCUT2D eigenvalue weighted by Gasteiger charge is 2.75. The van der Waals surface area contributed by atoms with Crippen LogP contribution in [0, 0.1) is 17.3 Å². The van der Waals surface area contributed by atoms with Crippen molar-refractivity contribution in [2.24, 2.45) is 17.3 Å². The second-order valence-electron chi connectivity index (χ2n) is 7.32. The van der Waals surface area contributed by atoms with Gasteiger partial charge in [-0.25, -0.2) is 4.79 Å². The van der Waals surface area contributed by atoms with Crippen LogP contribution in [0.5, 0.6) is 0 Å². The van der Waals surface area contributed by atoms with Crippen LogP contribution in [0.1, 0.15) is 19.8 Å². The molecule has 28 heavy (non-hydrogen) atoms. The first-order valence-corrected chi connectivity index (χ1v) is 8.24. The number of hydrogen-bond donors (Lipinski definition) is 1. The van der Waals surface area contributed by atoms with E-state index < -0.39 is 66.1 Å². The Balaban J connectivity index is 1.82. The van der Waals surface area contributed by atoms with Gasteiger partial charge in [-0.05, 0) is 19.8 Å². The van der Waals surface area contributed by atoms with Crippen LogP contribution >= 0.6 is 0 Å². The summed E-state index contributed by atoms with van der Waals surface area (Å²) in [7, 11) is 0. The smallest absolute Gasteiger partial charge is 0.434 e. The van der Waals surface area contributed by atoms with E-state index in [1.54, 1.807) is 0 Å². The first-order chi connectivity index (χ1) is 12.7. The molecule has 2 saturated carbocycles. The molecule has 2 aliphatic carbocycles. The van der Waals surface area contributed by atoms with Crippen LogP contribution in [0.15, 0.2) is 12.2 Å². The van der Waals surface area contributed by atoms with Crippen LogP contribution in [-0.4, -0.2) is 54.0 Å². The monoisotopic (exact) mass is 418 g/mol. The minimum Gasteiger partial charge on any atom is -0.456 e. The van der Waals surface area contributed by atoms with Gasteiger partial charge in [0.05, 0.1) is 0 Å². The molecular formula is C16H16F6O6. The Morgan fingerprint density at radius 3 is 2.29 bits per heavy atom. The van der Waals surface area contributed by atoms with Gasteiger partial charge in [-0.15, -0.1) is 0 Å². The number of halogens is 6. The van der Waals surface area contributed by atoms with Gasteiger partial charge in [-0.2, -0.15) is 26.3 Å². The number of ether oxygens (including phenoxy) is 3. The van der Waals surface area contributed by atoms with Crippen LogP contribution in [0.25, 0.3) is 0 Å². The molecule has 6 nitrogen and oxygen atoms in total. The summed E-state index contributed by atoms with van der Waals surface area (Å²) in [4.78, 5) is 24.1. The Hall–Kier alpha value is -1.82. The molecule has 1 aliphatic heterocycles. The minimum absolute atomic E-state index is 0.0742. The molecule has 3 aliphatic rings. The quantitative estimate of drug-likeness (QED) is 0.429. The predicted octanol–water partition coefficient (Wildman–Crippen LogP) is 2.25. The maximum absolute atomic E-state index is 12.7.